The number of ether oxygens (including phenoxy) is 1. The average Bonchev–Trinajstić information content (AvgIpc) is 2.94. The Bertz CT molecular complexity index is 759. The second-order valence-electron chi connectivity index (χ2n) is 5.56. The van der Waals surface area contributed by atoms with Crippen molar-refractivity contribution >= 4 is 17.7 Å². The first-order valence-electron chi connectivity index (χ1n) is 7.77. The zero-order chi connectivity index (χ0) is 18.0. The highest BCUT2D eigenvalue weighted by molar-refractivity contribution is 8.00. The number of thioether (sulfide) groups is 1. The van der Waals surface area contributed by atoms with Crippen LogP contribution in [-0.2, 0) is 11.3 Å². The summed E-state index contributed by atoms with van der Waals surface area (Å²) in [5.74, 6) is -3.14. The van der Waals surface area contributed by atoms with Crippen molar-refractivity contribution < 1.29 is 22.7 Å². The standard InChI is InChI=1S/C18H16F3NO2S/c1-2-24-13-5-3-12(4-6-13)18-22(16(23)10-25-18)9-11-7-14(19)17(21)15(20)8-11/h3-8,18H,2,9-10H2,1H3. The van der Waals surface area contributed by atoms with Gasteiger partial charge in [0.2, 0.25) is 5.91 Å². The van der Waals surface area contributed by atoms with E-state index in [-0.39, 0.29) is 29.1 Å². The summed E-state index contributed by atoms with van der Waals surface area (Å²) in [6.45, 7) is 2.46. The van der Waals surface area contributed by atoms with Gasteiger partial charge in [-0.25, -0.2) is 13.2 Å². The first-order valence-corrected chi connectivity index (χ1v) is 8.81. The molecule has 0 aromatic heterocycles. The molecule has 3 rings (SSSR count). The molecule has 1 atom stereocenters. The maximum Gasteiger partial charge on any atom is 0.234 e. The summed E-state index contributed by atoms with van der Waals surface area (Å²) in [6.07, 6.45) is 0. The number of carbonyl (C=O) groups excluding carboxylic acids is 1. The van der Waals surface area contributed by atoms with Gasteiger partial charge in [0.25, 0.3) is 0 Å². The molecule has 132 valence electrons. The first kappa shape index (κ1) is 17.7. The lowest BCUT2D eigenvalue weighted by Crippen LogP contribution is -2.27. The topological polar surface area (TPSA) is 29.5 Å². The molecule has 0 bridgehead atoms. The van der Waals surface area contributed by atoms with Gasteiger partial charge in [-0.05, 0) is 42.3 Å². The predicted molar refractivity (Wildman–Crippen MR) is 89.7 cm³/mol. The average molecular weight is 367 g/mol. The van der Waals surface area contributed by atoms with Crippen LogP contribution in [-0.4, -0.2) is 23.2 Å². The highest BCUT2D eigenvalue weighted by Gasteiger charge is 2.33. The Hall–Kier alpha value is -2.15. The molecule has 1 heterocycles. The van der Waals surface area contributed by atoms with Crippen LogP contribution in [0.5, 0.6) is 5.75 Å². The van der Waals surface area contributed by atoms with Crippen LogP contribution in [0, 0.1) is 17.5 Å². The van der Waals surface area contributed by atoms with E-state index in [0.29, 0.717) is 6.61 Å². The van der Waals surface area contributed by atoms with Gasteiger partial charge in [-0.2, -0.15) is 0 Å². The molecule has 0 saturated carbocycles. The summed E-state index contributed by atoms with van der Waals surface area (Å²) in [6, 6.07) is 9.20. The van der Waals surface area contributed by atoms with Gasteiger partial charge in [-0.15, -0.1) is 11.8 Å². The number of amides is 1. The predicted octanol–water partition coefficient (Wildman–Crippen LogP) is 4.28. The number of nitrogens with zero attached hydrogens (tertiary/aromatic N) is 1. The number of carbonyl (C=O) groups is 1. The van der Waals surface area contributed by atoms with Gasteiger partial charge in [0, 0.05) is 6.54 Å². The second kappa shape index (κ2) is 7.39. The number of benzene rings is 2. The second-order valence-corrected chi connectivity index (χ2v) is 6.63. The molecule has 1 amide bonds. The van der Waals surface area contributed by atoms with Crippen molar-refractivity contribution in [2.45, 2.75) is 18.8 Å². The summed E-state index contributed by atoms with van der Waals surface area (Å²) in [4.78, 5) is 13.7. The van der Waals surface area contributed by atoms with Gasteiger partial charge in [-0.1, -0.05) is 12.1 Å². The third-order valence-corrected chi connectivity index (χ3v) is 5.10. The Morgan fingerprint density at radius 1 is 1.16 bits per heavy atom. The molecule has 0 spiro atoms. The smallest absolute Gasteiger partial charge is 0.234 e. The molecule has 25 heavy (non-hydrogen) atoms. The lowest BCUT2D eigenvalue weighted by atomic mass is 10.1. The highest BCUT2D eigenvalue weighted by atomic mass is 32.2. The zero-order valence-electron chi connectivity index (χ0n) is 13.5. The minimum Gasteiger partial charge on any atom is -0.494 e. The molecule has 0 aliphatic carbocycles. The van der Waals surface area contributed by atoms with Gasteiger partial charge in [0.15, 0.2) is 17.5 Å². The molecule has 2 aromatic carbocycles. The molecular formula is C18H16F3NO2S. The van der Waals surface area contributed by atoms with Crippen molar-refractivity contribution in [3.05, 3.63) is 65.0 Å². The molecule has 1 aliphatic rings. The summed E-state index contributed by atoms with van der Waals surface area (Å²) in [7, 11) is 0. The minimum atomic E-state index is -1.51. The third-order valence-electron chi connectivity index (χ3n) is 3.84. The van der Waals surface area contributed by atoms with Gasteiger partial charge in [0.1, 0.15) is 11.1 Å². The van der Waals surface area contributed by atoms with Crippen LogP contribution in [0.2, 0.25) is 0 Å². The van der Waals surface area contributed by atoms with Crippen LogP contribution in [0.3, 0.4) is 0 Å². The summed E-state index contributed by atoms with van der Waals surface area (Å²) in [5, 5.41) is -0.264. The molecule has 1 fully saturated rings. The zero-order valence-corrected chi connectivity index (χ0v) is 14.3. The molecule has 0 radical (unpaired) electrons. The van der Waals surface area contributed by atoms with E-state index in [1.807, 2.05) is 31.2 Å². The van der Waals surface area contributed by atoms with Gasteiger partial charge < -0.3 is 9.64 Å². The minimum absolute atomic E-state index is 0.0117. The van der Waals surface area contributed by atoms with Crippen molar-refractivity contribution in [2.24, 2.45) is 0 Å². The summed E-state index contributed by atoms with van der Waals surface area (Å²) < 4.78 is 45.3. The molecule has 0 N–H and O–H groups in total. The molecule has 3 nitrogen and oxygen atoms in total. The fraction of sp³-hybridized carbons (Fsp3) is 0.278. The largest absolute Gasteiger partial charge is 0.494 e. The Morgan fingerprint density at radius 2 is 1.80 bits per heavy atom. The van der Waals surface area contributed by atoms with Crippen LogP contribution in [0.1, 0.15) is 23.4 Å². The van der Waals surface area contributed by atoms with E-state index in [0.717, 1.165) is 23.4 Å². The molecule has 2 aromatic rings. The summed E-state index contributed by atoms with van der Waals surface area (Å²) >= 11 is 1.44. The lowest BCUT2D eigenvalue weighted by Gasteiger charge is -2.24. The maximum atomic E-state index is 13.4. The molecular weight excluding hydrogens is 351 g/mol. The van der Waals surface area contributed by atoms with E-state index in [1.165, 1.54) is 16.7 Å². The van der Waals surface area contributed by atoms with Crippen molar-refractivity contribution in [1.82, 2.24) is 4.90 Å². The van der Waals surface area contributed by atoms with Crippen molar-refractivity contribution in [3.63, 3.8) is 0 Å². The molecule has 1 saturated heterocycles. The Kier molecular flexibility index (Phi) is 5.22. The van der Waals surface area contributed by atoms with Crippen LogP contribution < -0.4 is 4.74 Å². The molecule has 1 unspecified atom stereocenters. The fourth-order valence-electron chi connectivity index (χ4n) is 2.69. The highest BCUT2D eigenvalue weighted by Crippen LogP contribution is 2.40. The van der Waals surface area contributed by atoms with Crippen LogP contribution in [0.4, 0.5) is 13.2 Å². The number of hydrogen-bond donors (Lipinski definition) is 0. The maximum absolute atomic E-state index is 13.4. The van der Waals surface area contributed by atoms with Crippen LogP contribution >= 0.6 is 11.8 Å². The van der Waals surface area contributed by atoms with Gasteiger partial charge in [0.05, 0.1) is 12.4 Å². The monoisotopic (exact) mass is 367 g/mol. The van der Waals surface area contributed by atoms with E-state index in [1.54, 1.807) is 0 Å². The Morgan fingerprint density at radius 3 is 2.40 bits per heavy atom. The van der Waals surface area contributed by atoms with E-state index >= 15 is 0 Å². The number of halogens is 3. The van der Waals surface area contributed by atoms with E-state index in [9.17, 15) is 18.0 Å². The summed E-state index contributed by atoms with van der Waals surface area (Å²) in [5.41, 5.74) is 1.10. The van der Waals surface area contributed by atoms with E-state index < -0.39 is 17.5 Å². The third kappa shape index (κ3) is 3.76. The van der Waals surface area contributed by atoms with E-state index in [2.05, 4.69) is 0 Å². The Labute approximate surface area is 147 Å². The lowest BCUT2D eigenvalue weighted by molar-refractivity contribution is -0.128. The van der Waals surface area contributed by atoms with Crippen LogP contribution in [0.15, 0.2) is 36.4 Å². The Balaban J connectivity index is 1.82. The number of rotatable bonds is 5. The van der Waals surface area contributed by atoms with Crippen molar-refractivity contribution in [3.8, 4) is 5.75 Å². The quantitative estimate of drug-likeness (QED) is 0.739. The molecule has 1 aliphatic heterocycles. The SMILES string of the molecule is CCOc1ccc(C2SCC(=O)N2Cc2cc(F)c(F)c(F)c2)cc1. The normalized spacial score (nSPS) is 17.2. The fourth-order valence-corrected chi connectivity index (χ4v) is 3.88. The number of hydrogen-bond acceptors (Lipinski definition) is 3. The van der Waals surface area contributed by atoms with Crippen molar-refractivity contribution in [2.75, 3.05) is 12.4 Å². The molecule has 7 heteroatoms. The van der Waals surface area contributed by atoms with Crippen LogP contribution in [0.25, 0.3) is 0 Å². The van der Waals surface area contributed by atoms with E-state index in [4.69, 9.17) is 4.74 Å². The first-order chi connectivity index (χ1) is 12.0. The van der Waals surface area contributed by atoms with Gasteiger partial charge >= 0.3 is 0 Å². The van der Waals surface area contributed by atoms with Gasteiger partial charge in [-0.3, -0.25) is 4.79 Å². The van der Waals surface area contributed by atoms with Crippen molar-refractivity contribution in [1.29, 1.82) is 0 Å².